The van der Waals surface area contributed by atoms with E-state index >= 15 is 0 Å². The Labute approximate surface area is 187 Å². The van der Waals surface area contributed by atoms with Crippen molar-refractivity contribution in [1.82, 2.24) is 14.7 Å². The molecule has 4 rings (SSSR count). The number of carboxylic acids is 1. The average Bonchev–Trinajstić information content (AvgIpc) is 3.32. The number of aryl methyl sites for hydroxylation is 1. The summed E-state index contributed by atoms with van der Waals surface area (Å²) in [5.74, 6) is -1.19. The van der Waals surface area contributed by atoms with Crippen LogP contribution in [0.2, 0.25) is 10.0 Å². The number of aromatic nitrogens is 3. The minimum Gasteiger partial charge on any atom is -0.481 e. The first-order valence-electron chi connectivity index (χ1n) is 9.00. The lowest BCUT2D eigenvalue weighted by Gasteiger charge is -2.10. The van der Waals surface area contributed by atoms with Crippen molar-refractivity contribution >= 4 is 40.1 Å². The summed E-state index contributed by atoms with van der Waals surface area (Å²) in [4.78, 5) is 15.1. The van der Waals surface area contributed by atoms with Gasteiger partial charge in [-0.3, -0.25) is 4.79 Å². The second kappa shape index (κ2) is 8.36. The highest BCUT2D eigenvalue weighted by molar-refractivity contribution is 6.35. The lowest BCUT2D eigenvalue weighted by atomic mass is 10.1. The van der Waals surface area contributed by atoms with E-state index in [0.29, 0.717) is 21.5 Å². The van der Waals surface area contributed by atoms with E-state index in [1.54, 1.807) is 29.0 Å². The van der Waals surface area contributed by atoms with Gasteiger partial charge in [0, 0.05) is 34.8 Å². The van der Waals surface area contributed by atoms with E-state index < -0.39 is 18.1 Å². The molecule has 0 spiro atoms. The Bertz CT molecular complexity index is 1320. The number of hydrogen-bond donors (Lipinski definition) is 1. The molecular weight excluding hydrogens is 474 g/mol. The molecule has 0 unspecified atom stereocenters. The first kappa shape index (κ1) is 22.0. The predicted octanol–water partition coefficient (Wildman–Crippen LogP) is 6.04. The number of ether oxygens (including phenoxy) is 1. The molecule has 12 heteroatoms. The molecule has 0 aliphatic carbocycles. The van der Waals surface area contributed by atoms with E-state index in [4.69, 9.17) is 32.8 Å². The van der Waals surface area contributed by atoms with Gasteiger partial charge in [0.05, 0.1) is 16.5 Å². The van der Waals surface area contributed by atoms with Crippen molar-refractivity contribution in [3.05, 3.63) is 52.6 Å². The number of alkyl halides is 3. The molecule has 0 fully saturated rings. The molecule has 32 heavy (non-hydrogen) atoms. The molecule has 0 atom stereocenters. The molecule has 0 bridgehead atoms. The van der Waals surface area contributed by atoms with Crippen molar-refractivity contribution in [3.8, 4) is 28.6 Å². The third kappa shape index (κ3) is 4.66. The number of carbonyl (C=O) groups is 1. The molecule has 0 amide bonds. The number of halogens is 5. The van der Waals surface area contributed by atoms with Crippen LogP contribution >= 0.6 is 23.2 Å². The van der Waals surface area contributed by atoms with E-state index in [-0.39, 0.29) is 29.7 Å². The summed E-state index contributed by atoms with van der Waals surface area (Å²) in [6, 6.07) is 8.80. The number of benzene rings is 2. The molecule has 7 nitrogen and oxygen atoms in total. The number of fused-ring (bicyclic) bond motifs is 1. The fourth-order valence-corrected chi connectivity index (χ4v) is 3.58. The Balaban J connectivity index is 1.61. The molecule has 2 aromatic carbocycles. The predicted molar refractivity (Wildman–Crippen MR) is 110 cm³/mol. The summed E-state index contributed by atoms with van der Waals surface area (Å²) in [6.07, 6.45) is -3.27. The van der Waals surface area contributed by atoms with E-state index in [9.17, 15) is 18.0 Å². The highest BCUT2D eigenvalue weighted by Crippen LogP contribution is 2.35. The van der Waals surface area contributed by atoms with Gasteiger partial charge in [-0.25, -0.2) is 0 Å². The highest BCUT2D eigenvalue weighted by Gasteiger charge is 2.32. The van der Waals surface area contributed by atoms with Crippen molar-refractivity contribution in [2.45, 2.75) is 19.3 Å². The van der Waals surface area contributed by atoms with E-state index in [2.05, 4.69) is 14.9 Å². The van der Waals surface area contributed by atoms with Gasteiger partial charge in [-0.05, 0) is 36.4 Å². The molecule has 0 aliphatic heterocycles. The van der Waals surface area contributed by atoms with Crippen molar-refractivity contribution in [2.75, 3.05) is 0 Å². The fourth-order valence-electron chi connectivity index (χ4n) is 3.09. The second-order valence-electron chi connectivity index (χ2n) is 6.66. The fraction of sp³-hybridized carbons (Fsp3) is 0.150. The van der Waals surface area contributed by atoms with Crippen LogP contribution in [0.5, 0.6) is 5.75 Å². The van der Waals surface area contributed by atoms with Gasteiger partial charge < -0.3 is 18.9 Å². The monoisotopic (exact) mass is 485 g/mol. The third-order valence-corrected chi connectivity index (χ3v) is 5.08. The van der Waals surface area contributed by atoms with Crippen LogP contribution < -0.4 is 4.74 Å². The highest BCUT2D eigenvalue weighted by atomic mass is 35.5. The zero-order valence-electron chi connectivity index (χ0n) is 15.9. The Kier molecular flexibility index (Phi) is 5.74. The normalized spacial score (nSPS) is 11.8. The van der Waals surface area contributed by atoms with E-state index in [0.717, 1.165) is 11.6 Å². The van der Waals surface area contributed by atoms with E-state index in [1.165, 1.54) is 12.1 Å². The molecule has 166 valence electrons. The molecule has 0 aliphatic rings. The van der Waals surface area contributed by atoms with E-state index in [1.807, 2.05) is 0 Å². The van der Waals surface area contributed by atoms with Gasteiger partial charge in [-0.2, -0.15) is 4.98 Å². The summed E-state index contributed by atoms with van der Waals surface area (Å²) in [6.45, 7) is 0.263. The summed E-state index contributed by atoms with van der Waals surface area (Å²) in [5, 5.41) is 13.6. The summed E-state index contributed by atoms with van der Waals surface area (Å²) >= 11 is 12.2. The van der Waals surface area contributed by atoms with Gasteiger partial charge in [0.15, 0.2) is 0 Å². The van der Waals surface area contributed by atoms with Crippen LogP contribution in [0, 0.1) is 0 Å². The third-order valence-electron chi connectivity index (χ3n) is 4.49. The molecular formula is C20H12Cl2F3N3O4. The number of hydrogen-bond acceptors (Lipinski definition) is 5. The zero-order chi connectivity index (χ0) is 23.0. The summed E-state index contributed by atoms with van der Waals surface area (Å²) < 4.78 is 48.0. The van der Waals surface area contributed by atoms with Crippen molar-refractivity contribution in [1.29, 1.82) is 0 Å². The summed E-state index contributed by atoms with van der Waals surface area (Å²) in [5.41, 5.74) is 1.63. The minimum atomic E-state index is -4.87. The van der Waals surface area contributed by atoms with Gasteiger partial charge in [0.25, 0.3) is 5.89 Å². The second-order valence-corrected chi connectivity index (χ2v) is 7.48. The van der Waals surface area contributed by atoms with Gasteiger partial charge >= 0.3 is 12.3 Å². The number of carboxylic acid groups (broad SMARTS) is 1. The lowest BCUT2D eigenvalue weighted by Crippen LogP contribution is -2.17. The van der Waals surface area contributed by atoms with Crippen LogP contribution in [0.25, 0.3) is 33.7 Å². The molecule has 1 N–H and O–H groups in total. The molecule has 2 heterocycles. The Hall–Kier alpha value is -3.24. The Morgan fingerprint density at radius 1 is 1.12 bits per heavy atom. The molecule has 2 aromatic heterocycles. The average molecular weight is 486 g/mol. The zero-order valence-corrected chi connectivity index (χ0v) is 17.4. The maximum atomic E-state index is 12.4. The maximum absolute atomic E-state index is 12.4. The van der Waals surface area contributed by atoms with Crippen LogP contribution in [0.4, 0.5) is 13.2 Å². The number of rotatable bonds is 6. The topological polar surface area (TPSA) is 90.4 Å². The van der Waals surface area contributed by atoms with Crippen LogP contribution in [-0.4, -0.2) is 32.1 Å². The maximum Gasteiger partial charge on any atom is 0.573 e. The summed E-state index contributed by atoms with van der Waals surface area (Å²) in [7, 11) is 0. The van der Waals surface area contributed by atoms with Crippen molar-refractivity contribution in [3.63, 3.8) is 0 Å². The van der Waals surface area contributed by atoms with Gasteiger partial charge in [-0.15, -0.1) is 13.2 Å². The van der Waals surface area contributed by atoms with Crippen LogP contribution in [0.3, 0.4) is 0 Å². The minimum absolute atomic E-state index is 0.0469. The Morgan fingerprint density at radius 2 is 1.88 bits per heavy atom. The smallest absolute Gasteiger partial charge is 0.481 e. The number of nitrogens with zero attached hydrogens (tertiary/aromatic N) is 3. The quantitative estimate of drug-likeness (QED) is 0.358. The van der Waals surface area contributed by atoms with Gasteiger partial charge in [0.2, 0.25) is 5.82 Å². The van der Waals surface area contributed by atoms with Gasteiger partial charge in [-0.1, -0.05) is 28.4 Å². The van der Waals surface area contributed by atoms with Crippen LogP contribution in [0.1, 0.15) is 6.42 Å². The van der Waals surface area contributed by atoms with Crippen molar-refractivity contribution in [2.24, 2.45) is 0 Å². The molecule has 0 saturated carbocycles. The Morgan fingerprint density at radius 3 is 2.56 bits per heavy atom. The lowest BCUT2D eigenvalue weighted by molar-refractivity contribution is -0.274. The molecule has 0 radical (unpaired) electrons. The van der Waals surface area contributed by atoms with Crippen LogP contribution in [-0.2, 0) is 11.3 Å². The van der Waals surface area contributed by atoms with Crippen molar-refractivity contribution < 1.29 is 32.3 Å². The SMILES string of the molecule is O=C(O)CCn1cc(Cl)c2cc(-c3noc(-c4ccc(OC(F)(F)F)c(Cl)c4)n3)ccc21. The first-order chi connectivity index (χ1) is 15.1. The largest absolute Gasteiger partial charge is 0.573 e. The molecule has 4 aromatic rings. The van der Waals surface area contributed by atoms with Crippen LogP contribution in [0.15, 0.2) is 47.1 Å². The van der Waals surface area contributed by atoms with Gasteiger partial charge in [0.1, 0.15) is 5.75 Å². The standard InChI is InChI=1S/C20H12Cl2F3N3O4/c21-13-8-11(2-4-16(13)31-20(23,24)25)19-26-18(27-32-19)10-1-3-15-12(7-10)14(22)9-28(15)6-5-17(29)30/h1-4,7-9H,5-6H2,(H,29,30). The number of aliphatic carboxylic acids is 1. The first-order valence-corrected chi connectivity index (χ1v) is 9.76. The molecule has 0 saturated heterocycles.